The Balaban J connectivity index is 2.46. The first-order valence-electron chi connectivity index (χ1n) is 5.89. The normalized spacial score (nSPS) is 14.6. The lowest BCUT2D eigenvalue weighted by Gasteiger charge is -2.11. The van der Waals surface area contributed by atoms with E-state index in [0.29, 0.717) is 0 Å². The minimum absolute atomic E-state index is 0.00417. The minimum atomic E-state index is -3.23. The highest BCUT2D eigenvalue weighted by molar-refractivity contribution is 8.29. The van der Waals surface area contributed by atoms with E-state index in [0.717, 1.165) is 27.1 Å². The summed E-state index contributed by atoms with van der Waals surface area (Å²) in [6.45, 7) is 0. The molecule has 0 aliphatic heterocycles. The Hall–Kier alpha value is -1.49. The van der Waals surface area contributed by atoms with Crippen LogP contribution in [0.4, 0.5) is 0 Å². The summed E-state index contributed by atoms with van der Waals surface area (Å²) in [5.41, 5.74) is 0.858. The summed E-state index contributed by atoms with van der Waals surface area (Å²) in [5, 5.41) is 4.12. The van der Waals surface area contributed by atoms with Crippen molar-refractivity contribution in [2.45, 2.75) is 5.75 Å². The summed E-state index contributed by atoms with van der Waals surface area (Å²) >= 11 is 4.68. The van der Waals surface area contributed by atoms with Gasteiger partial charge >= 0.3 is 0 Å². The third-order valence-corrected chi connectivity index (χ3v) is 4.22. The Morgan fingerprint density at radius 2 is 1.42 bits per heavy atom. The molecule has 0 heterocycles. The molecule has 0 amide bonds. The van der Waals surface area contributed by atoms with Crippen LogP contribution in [0.5, 0.6) is 0 Å². The van der Waals surface area contributed by atoms with Crippen molar-refractivity contribution < 1.29 is 8.76 Å². The van der Waals surface area contributed by atoms with Crippen molar-refractivity contribution in [2.24, 2.45) is 0 Å². The Bertz CT molecular complexity index is 814. The van der Waals surface area contributed by atoms with Gasteiger partial charge in [-0.15, -0.1) is 0 Å². The second-order valence-electron chi connectivity index (χ2n) is 4.52. The van der Waals surface area contributed by atoms with Gasteiger partial charge in [0.2, 0.25) is 0 Å². The maximum atomic E-state index is 11.6. The van der Waals surface area contributed by atoms with E-state index in [4.69, 9.17) is 0 Å². The summed E-state index contributed by atoms with van der Waals surface area (Å²) in [6, 6.07) is 17.8. The van der Waals surface area contributed by atoms with E-state index < -0.39 is 8.77 Å². The van der Waals surface area contributed by atoms with E-state index in [-0.39, 0.29) is 5.75 Å². The molecule has 3 rings (SSSR count). The molecule has 0 radical (unpaired) electrons. The first kappa shape index (κ1) is 12.5. The molecule has 3 aromatic rings. The summed E-state index contributed by atoms with van der Waals surface area (Å²) in [7, 11) is -3.23. The quantitative estimate of drug-likeness (QED) is 0.730. The number of hydrogen-bond donors (Lipinski definition) is 1. The molecule has 1 atom stereocenters. The monoisotopic (exact) mass is 288 g/mol. The molecular weight excluding hydrogens is 276 g/mol. The number of benzene rings is 3. The number of rotatable bonds is 2. The van der Waals surface area contributed by atoms with Crippen LogP contribution in [0.3, 0.4) is 0 Å². The maximum absolute atomic E-state index is 11.6. The van der Waals surface area contributed by atoms with Gasteiger partial charge in [-0.2, -0.15) is 0 Å². The maximum Gasteiger partial charge on any atom is 0.145 e. The summed E-state index contributed by atoms with van der Waals surface area (Å²) < 4.78 is 21.1. The lowest BCUT2D eigenvalue weighted by molar-refractivity contribution is 0.561. The van der Waals surface area contributed by atoms with Crippen LogP contribution >= 0.6 is 0 Å². The van der Waals surface area contributed by atoms with Crippen molar-refractivity contribution in [3.63, 3.8) is 0 Å². The van der Waals surface area contributed by atoms with Gasteiger partial charge in [-0.1, -0.05) is 48.5 Å². The van der Waals surface area contributed by atoms with Crippen molar-refractivity contribution >= 4 is 41.5 Å². The molecule has 1 unspecified atom stereocenters. The fourth-order valence-corrected chi connectivity index (χ4v) is 3.48. The summed E-state index contributed by atoms with van der Waals surface area (Å²) in [4.78, 5) is 0. The van der Waals surface area contributed by atoms with Gasteiger partial charge in [-0.25, -0.2) is 4.21 Å². The predicted molar refractivity (Wildman–Crippen MR) is 83.3 cm³/mol. The molecule has 0 bridgehead atoms. The SMILES string of the molecule is O=S(O)(=S)Cc1c2ccccc2cc2ccccc12. The molecule has 0 saturated carbocycles. The topological polar surface area (TPSA) is 37.3 Å². The van der Waals surface area contributed by atoms with Crippen molar-refractivity contribution in [3.05, 3.63) is 60.2 Å². The second-order valence-corrected chi connectivity index (χ2v) is 7.54. The van der Waals surface area contributed by atoms with Crippen LogP contribution in [-0.2, 0) is 25.7 Å². The molecule has 19 heavy (non-hydrogen) atoms. The Labute approximate surface area is 116 Å². The molecule has 0 fully saturated rings. The smallest absolute Gasteiger partial charge is 0.145 e. The summed E-state index contributed by atoms with van der Waals surface area (Å²) in [6.07, 6.45) is 0. The Kier molecular flexibility index (Phi) is 3.01. The Morgan fingerprint density at radius 3 is 1.89 bits per heavy atom. The standard InChI is InChI=1S/C15H12O2S2/c16-19(17,18)10-15-13-7-3-1-5-11(13)9-12-6-2-4-8-14(12)15/h1-9H,10H2,(H,16,17,18). The highest BCUT2D eigenvalue weighted by Gasteiger charge is 2.11. The molecule has 3 aromatic carbocycles. The van der Waals surface area contributed by atoms with Crippen LogP contribution < -0.4 is 0 Å². The van der Waals surface area contributed by atoms with Gasteiger partial charge in [0.15, 0.2) is 0 Å². The van der Waals surface area contributed by atoms with E-state index in [1.54, 1.807) is 0 Å². The lowest BCUT2D eigenvalue weighted by atomic mass is 9.98. The van der Waals surface area contributed by atoms with Gasteiger partial charge in [0, 0.05) is 11.2 Å². The van der Waals surface area contributed by atoms with E-state index in [1.807, 2.05) is 48.5 Å². The lowest BCUT2D eigenvalue weighted by Crippen LogP contribution is -2.01. The van der Waals surface area contributed by atoms with Crippen molar-refractivity contribution in [2.75, 3.05) is 0 Å². The van der Waals surface area contributed by atoms with Gasteiger partial charge in [-0.3, -0.25) is 0 Å². The highest BCUT2D eigenvalue weighted by atomic mass is 32.8. The van der Waals surface area contributed by atoms with Crippen molar-refractivity contribution in [1.29, 1.82) is 0 Å². The predicted octanol–water partition coefficient (Wildman–Crippen LogP) is 3.71. The largest absolute Gasteiger partial charge is 0.305 e. The zero-order valence-corrected chi connectivity index (χ0v) is 11.7. The van der Waals surface area contributed by atoms with Crippen molar-refractivity contribution in [1.82, 2.24) is 0 Å². The average Bonchev–Trinajstić information content (AvgIpc) is 2.37. The van der Waals surface area contributed by atoms with Crippen LogP contribution in [-0.4, -0.2) is 8.76 Å². The van der Waals surface area contributed by atoms with Crippen molar-refractivity contribution in [3.8, 4) is 0 Å². The van der Waals surface area contributed by atoms with Gasteiger partial charge in [0.1, 0.15) is 8.77 Å². The molecule has 0 saturated heterocycles. The van der Waals surface area contributed by atoms with Gasteiger partial charge in [0.05, 0.1) is 5.75 Å². The first-order valence-corrected chi connectivity index (χ1v) is 8.50. The molecule has 0 aliphatic carbocycles. The third kappa shape index (κ3) is 2.47. The molecule has 0 spiro atoms. The van der Waals surface area contributed by atoms with Gasteiger partial charge in [0.25, 0.3) is 0 Å². The zero-order valence-electron chi connectivity index (χ0n) is 10.1. The third-order valence-electron chi connectivity index (χ3n) is 3.21. The van der Waals surface area contributed by atoms with E-state index in [2.05, 4.69) is 17.3 Å². The van der Waals surface area contributed by atoms with E-state index in [1.165, 1.54) is 0 Å². The molecule has 1 N–H and O–H groups in total. The van der Waals surface area contributed by atoms with Crippen LogP contribution in [0.15, 0.2) is 54.6 Å². The molecule has 0 aliphatic rings. The summed E-state index contributed by atoms with van der Waals surface area (Å²) in [5.74, 6) is 0.00417. The van der Waals surface area contributed by atoms with Crippen LogP contribution in [0.25, 0.3) is 21.5 Å². The number of fused-ring (bicyclic) bond motifs is 2. The second kappa shape index (κ2) is 4.56. The molecule has 4 heteroatoms. The molecule has 96 valence electrons. The Morgan fingerprint density at radius 1 is 0.947 bits per heavy atom. The highest BCUT2D eigenvalue weighted by Crippen LogP contribution is 2.29. The average molecular weight is 288 g/mol. The zero-order chi connectivity index (χ0) is 13.5. The van der Waals surface area contributed by atoms with Crippen LogP contribution in [0, 0.1) is 0 Å². The van der Waals surface area contributed by atoms with E-state index in [9.17, 15) is 8.76 Å². The molecular formula is C15H12O2S2. The van der Waals surface area contributed by atoms with E-state index >= 15 is 0 Å². The van der Waals surface area contributed by atoms with Crippen LogP contribution in [0.1, 0.15) is 5.56 Å². The molecule has 2 nitrogen and oxygen atoms in total. The minimum Gasteiger partial charge on any atom is -0.305 e. The fourth-order valence-electron chi connectivity index (χ4n) is 2.45. The molecule has 0 aromatic heterocycles. The van der Waals surface area contributed by atoms with Gasteiger partial charge < -0.3 is 4.55 Å². The van der Waals surface area contributed by atoms with Gasteiger partial charge in [-0.05, 0) is 33.2 Å². The van der Waals surface area contributed by atoms with Crippen LogP contribution in [0.2, 0.25) is 0 Å². The number of hydrogen-bond acceptors (Lipinski definition) is 2. The first-order chi connectivity index (χ1) is 9.04. The fraction of sp³-hybridized carbons (Fsp3) is 0.0667.